The van der Waals surface area contributed by atoms with Crippen LogP contribution in [0.2, 0.25) is 0 Å². The minimum Gasteiger partial charge on any atom is -0.495 e. The summed E-state index contributed by atoms with van der Waals surface area (Å²) in [7, 11) is 1.46. The van der Waals surface area contributed by atoms with E-state index in [0.717, 1.165) is 11.1 Å². The molecule has 0 aliphatic rings. The molecule has 0 bridgehead atoms. The molecule has 0 saturated heterocycles. The second-order valence-corrected chi connectivity index (χ2v) is 5.90. The van der Waals surface area contributed by atoms with Gasteiger partial charge in [0.15, 0.2) is 0 Å². The summed E-state index contributed by atoms with van der Waals surface area (Å²) >= 11 is 5.49. The third-order valence-corrected chi connectivity index (χ3v) is 4.15. The van der Waals surface area contributed by atoms with E-state index in [9.17, 15) is 9.59 Å². The number of hydrogen-bond acceptors (Lipinski definition) is 3. The van der Waals surface area contributed by atoms with Gasteiger partial charge in [-0.15, -0.1) is 0 Å². The number of carbonyl (C=O) groups excluding carboxylic acids is 2. The Morgan fingerprint density at radius 3 is 2.31 bits per heavy atom. The Bertz CT molecular complexity index is 954. The van der Waals surface area contributed by atoms with Gasteiger partial charge in [-0.25, -0.2) is 0 Å². The molecule has 0 atom stereocenters. The van der Waals surface area contributed by atoms with Crippen molar-refractivity contribution in [1.29, 1.82) is 0 Å². The maximum absolute atomic E-state index is 12.8. The van der Waals surface area contributed by atoms with Crippen LogP contribution in [0.3, 0.4) is 0 Å². The first-order valence-electron chi connectivity index (χ1n) is 7.94. The molecule has 130 valence electrons. The maximum atomic E-state index is 12.8. The molecule has 0 saturated carbocycles. The van der Waals surface area contributed by atoms with Gasteiger partial charge in [0.2, 0.25) is 0 Å². The zero-order chi connectivity index (χ0) is 18.5. The molecule has 26 heavy (non-hydrogen) atoms. The molecule has 0 aliphatic heterocycles. The molecule has 3 aromatic carbocycles. The fraction of sp³-hybridized carbons (Fsp3) is 0.0476. The van der Waals surface area contributed by atoms with E-state index in [1.54, 1.807) is 12.1 Å². The number of nitrogens with one attached hydrogen (secondary N) is 1. The predicted molar refractivity (Wildman–Crippen MR) is 103 cm³/mol. The highest BCUT2D eigenvalue weighted by Gasteiger charge is 2.15. The van der Waals surface area contributed by atoms with Crippen molar-refractivity contribution in [3.05, 3.63) is 83.9 Å². The standard InChI is InChI=1S/C21H16ClNO3/c1-26-19-13-15(20(22)24)11-12-18(19)23-21(25)17-10-6-5-9-16(17)14-7-3-2-4-8-14/h2-13H,1H3,(H,23,25). The number of hydrogen-bond donors (Lipinski definition) is 1. The van der Waals surface area contributed by atoms with Crippen molar-refractivity contribution in [3.63, 3.8) is 0 Å². The Hall–Kier alpha value is -3.11. The largest absolute Gasteiger partial charge is 0.495 e. The van der Waals surface area contributed by atoms with Crippen LogP contribution in [0, 0.1) is 0 Å². The third kappa shape index (κ3) is 3.76. The zero-order valence-electron chi connectivity index (χ0n) is 14.0. The van der Waals surface area contributed by atoms with Crippen LogP contribution in [-0.2, 0) is 0 Å². The van der Waals surface area contributed by atoms with E-state index in [0.29, 0.717) is 22.6 Å². The lowest BCUT2D eigenvalue weighted by Gasteiger charge is -2.13. The topological polar surface area (TPSA) is 55.4 Å². The smallest absolute Gasteiger partial charge is 0.256 e. The highest BCUT2D eigenvalue weighted by molar-refractivity contribution is 6.67. The van der Waals surface area contributed by atoms with Crippen molar-refractivity contribution < 1.29 is 14.3 Å². The molecule has 3 rings (SSSR count). The molecule has 5 heteroatoms. The van der Waals surface area contributed by atoms with E-state index in [-0.39, 0.29) is 5.91 Å². The second-order valence-electron chi connectivity index (χ2n) is 5.55. The predicted octanol–water partition coefficient (Wildman–Crippen LogP) is 4.99. The molecule has 0 heterocycles. The summed E-state index contributed by atoms with van der Waals surface area (Å²) in [5.74, 6) is 0.0924. The van der Waals surface area contributed by atoms with Crippen LogP contribution >= 0.6 is 11.6 Å². The molecule has 4 nitrogen and oxygen atoms in total. The molecule has 0 spiro atoms. The first-order chi connectivity index (χ1) is 12.6. The van der Waals surface area contributed by atoms with E-state index in [2.05, 4.69) is 5.32 Å². The van der Waals surface area contributed by atoms with Gasteiger partial charge < -0.3 is 10.1 Å². The number of amides is 1. The lowest BCUT2D eigenvalue weighted by atomic mass is 9.99. The molecule has 0 radical (unpaired) electrons. The highest BCUT2D eigenvalue weighted by Crippen LogP contribution is 2.29. The van der Waals surface area contributed by atoms with Gasteiger partial charge in [-0.2, -0.15) is 0 Å². The quantitative estimate of drug-likeness (QED) is 0.648. The molecule has 1 amide bonds. The summed E-state index contributed by atoms with van der Waals surface area (Å²) in [6.45, 7) is 0. The number of carbonyl (C=O) groups is 2. The molecule has 1 N–H and O–H groups in total. The van der Waals surface area contributed by atoms with Gasteiger partial charge in [-0.1, -0.05) is 48.5 Å². The Labute approximate surface area is 156 Å². The maximum Gasteiger partial charge on any atom is 0.256 e. The van der Waals surface area contributed by atoms with Gasteiger partial charge in [-0.05, 0) is 47.0 Å². The number of anilines is 1. The van der Waals surface area contributed by atoms with Crippen LogP contribution in [0.5, 0.6) is 5.75 Å². The Morgan fingerprint density at radius 2 is 1.62 bits per heavy atom. The van der Waals surface area contributed by atoms with Crippen LogP contribution in [0.25, 0.3) is 11.1 Å². The van der Waals surface area contributed by atoms with Crippen LogP contribution in [0.4, 0.5) is 5.69 Å². The molecule has 0 unspecified atom stereocenters. The van der Waals surface area contributed by atoms with Gasteiger partial charge in [0.05, 0.1) is 12.8 Å². The fourth-order valence-electron chi connectivity index (χ4n) is 2.66. The molecule has 0 aromatic heterocycles. The van der Waals surface area contributed by atoms with Crippen LogP contribution < -0.4 is 10.1 Å². The second kappa shape index (κ2) is 7.85. The van der Waals surface area contributed by atoms with E-state index in [4.69, 9.17) is 16.3 Å². The van der Waals surface area contributed by atoms with Crippen molar-refractivity contribution >= 4 is 28.4 Å². The molecular weight excluding hydrogens is 350 g/mol. The van der Waals surface area contributed by atoms with Crippen molar-refractivity contribution in [3.8, 4) is 16.9 Å². The van der Waals surface area contributed by atoms with Gasteiger partial charge >= 0.3 is 0 Å². The van der Waals surface area contributed by atoms with Gasteiger partial charge in [0.1, 0.15) is 5.75 Å². The Kier molecular flexibility index (Phi) is 5.34. The minimum atomic E-state index is -0.587. The van der Waals surface area contributed by atoms with E-state index >= 15 is 0 Å². The van der Waals surface area contributed by atoms with E-state index in [1.807, 2.05) is 48.5 Å². The molecular formula is C21H16ClNO3. The van der Waals surface area contributed by atoms with Gasteiger partial charge in [0.25, 0.3) is 11.1 Å². The third-order valence-electron chi connectivity index (χ3n) is 3.93. The summed E-state index contributed by atoms with van der Waals surface area (Å²) < 4.78 is 5.26. The van der Waals surface area contributed by atoms with Crippen molar-refractivity contribution in [2.45, 2.75) is 0 Å². The monoisotopic (exact) mass is 365 g/mol. The number of ether oxygens (including phenoxy) is 1. The number of benzene rings is 3. The summed E-state index contributed by atoms with van der Waals surface area (Å²) in [4.78, 5) is 24.1. The first-order valence-corrected chi connectivity index (χ1v) is 8.31. The fourth-order valence-corrected chi connectivity index (χ4v) is 2.77. The number of halogens is 1. The highest BCUT2D eigenvalue weighted by atomic mass is 35.5. The van der Waals surface area contributed by atoms with Crippen molar-refractivity contribution in [2.24, 2.45) is 0 Å². The SMILES string of the molecule is COc1cc(C(=O)Cl)ccc1NC(=O)c1ccccc1-c1ccccc1. The number of methoxy groups -OCH3 is 1. The summed E-state index contributed by atoms with van der Waals surface area (Å²) in [5, 5.41) is 2.25. The molecule has 0 aliphatic carbocycles. The van der Waals surface area contributed by atoms with Gasteiger partial charge in [0, 0.05) is 11.1 Å². The summed E-state index contributed by atoms with van der Waals surface area (Å²) in [6.07, 6.45) is 0. The lowest BCUT2D eigenvalue weighted by Crippen LogP contribution is -2.14. The van der Waals surface area contributed by atoms with E-state index in [1.165, 1.54) is 19.2 Å². The van der Waals surface area contributed by atoms with Crippen molar-refractivity contribution in [1.82, 2.24) is 0 Å². The average Bonchev–Trinajstić information content (AvgIpc) is 2.68. The van der Waals surface area contributed by atoms with Crippen LogP contribution in [0.15, 0.2) is 72.8 Å². The van der Waals surface area contributed by atoms with Crippen LogP contribution in [-0.4, -0.2) is 18.3 Å². The van der Waals surface area contributed by atoms with Crippen molar-refractivity contribution in [2.75, 3.05) is 12.4 Å². The summed E-state index contributed by atoms with van der Waals surface area (Å²) in [5.41, 5.74) is 3.08. The normalized spacial score (nSPS) is 10.2. The Balaban J connectivity index is 1.94. The zero-order valence-corrected chi connectivity index (χ0v) is 14.8. The van der Waals surface area contributed by atoms with Gasteiger partial charge in [-0.3, -0.25) is 9.59 Å². The first kappa shape index (κ1) is 17.7. The minimum absolute atomic E-state index is 0.271. The summed E-state index contributed by atoms with van der Waals surface area (Å²) in [6, 6.07) is 21.7. The average molecular weight is 366 g/mol. The lowest BCUT2D eigenvalue weighted by molar-refractivity contribution is 0.102. The Morgan fingerprint density at radius 1 is 0.923 bits per heavy atom. The molecule has 0 fully saturated rings. The molecule has 3 aromatic rings. The number of rotatable bonds is 5. The van der Waals surface area contributed by atoms with E-state index < -0.39 is 5.24 Å². The van der Waals surface area contributed by atoms with Crippen LogP contribution in [0.1, 0.15) is 20.7 Å².